The lowest BCUT2D eigenvalue weighted by atomic mass is 10.0. The van der Waals surface area contributed by atoms with Crippen molar-refractivity contribution in [1.82, 2.24) is 0 Å². The zero-order valence-corrected chi connectivity index (χ0v) is 13.2. The summed E-state index contributed by atoms with van der Waals surface area (Å²) in [6.45, 7) is 10.6. The van der Waals surface area contributed by atoms with E-state index < -0.39 is 0 Å². The average Bonchev–Trinajstić information content (AvgIpc) is 2.41. The highest BCUT2D eigenvalue weighted by Crippen LogP contribution is 2.19. The number of nitrogens with zero attached hydrogens (tertiary/aromatic N) is 2. The molecule has 0 aliphatic carbocycles. The first-order valence-electron chi connectivity index (χ1n) is 7.40. The Hall–Kier alpha value is -1.70. The number of hydrogen-bond donors (Lipinski definition) is 0. The molecule has 0 unspecified atom stereocenters. The number of aryl methyl sites for hydroxylation is 1. The summed E-state index contributed by atoms with van der Waals surface area (Å²) >= 11 is 0. The fraction of sp³-hybridized carbons (Fsp3) is 0.444. The van der Waals surface area contributed by atoms with Crippen LogP contribution in [0.4, 0.5) is 0 Å². The lowest BCUT2D eigenvalue weighted by molar-refractivity contribution is 0.915. The molecule has 0 aliphatic rings. The SMILES string of the molecule is C=C(N=C(CCC)CCC)c1ccc(/C=N\C)c(C)c1. The Labute approximate surface area is 123 Å². The molecule has 0 heterocycles. The van der Waals surface area contributed by atoms with Crippen LogP contribution >= 0.6 is 0 Å². The maximum atomic E-state index is 4.73. The van der Waals surface area contributed by atoms with Crippen molar-refractivity contribution >= 4 is 17.6 Å². The number of aliphatic imine (C=N–C) groups is 2. The van der Waals surface area contributed by atoms with Crippen molar-refractivity contribution in [3.63, 3.8) is 0 Å². The third kappa shape index (κ3) is 4.76. The minimum atomic E-state index is 0.866. The van der Waals surface area contributed by atoms with Gasteiger partial charge in [-0.3, -0.25) is 9.98 Å². The summed E-state index contributed by atoms with van der Waals surface area (Å²) in [5, 5.41) is 0. The van der Waals surface area contributed by atoms with E-state index in [4.69, 9.17) is 4.99 Å². The molecule has 0 radical (unpaired) electrons. The van der Waals surface area contributed by atoms with Gasteiger partial charge in [-0.2, -0.15) is 0 Å². The van der Waals surface area contributed by atoms with Crippen LogP contribution in [0.5, 0.6) is 0 Å². The molecule has 1 aromatic rings. The second kappa shape index (κ2) is 8.47. The van der Waals surface area contributed by atoms with Gasteiger partial charge in [0, 0.05) is 19.0 Å². The Morgan fingerprint density at radius 1 is 1.20 bits per heavy atom. The van der Waals surface area contributed by atoms with Crippen LogP contribution in [0.3, 0.4) is 0 Å². The molecule has 0 aliphatic heterocycles. The van der Waals surface area contributed by atoms with Crippen LogP contribution in [0, 0.1) is 6.92 Å². The fourth-order valence-corrected chi connectivity index (χ4v) is 2.21. The average molecular weight is 270 g/mol. The molecular weight excluding hydrogens is 244 g/mol. The van der Waals surface area contributed by atoms with Crippen molar-refractivity contribution < 1.29 is 0 Å². The predicted octanol–water partition coefficient (Wildman–Crippen LogP) is 5.06. The highest BCUT2D eigenvalue weighted by Gasteiger charge is 2.03. The molecule has 1 rings (SSSR count). The first kappa shape index (κ1) is 16.4. The number of hydrogen-bond acceptors (Lipinski definition) is 2. The van der Waals surface area contributed by atoms with E-state index >= 15 is 0 Å². The molecule has 0 saturated heterocycles. The highest BCUT2D eigenvalue weighted by atomic mass is 14.8. The number of rotatable bonds is 7. The molecule has 1 aromatic carbocycles. The molecule has 0 bridgehead atoms. The Balaban J connectivity index is 2.96. The van der Waals surface area contributed by atoms with E-state index in [1.54, 1.807) is 7.05 Å². The summed E-state index contributed by atoms with van der Waals surface area (Å²) in [4.78, 5) is 8.79. The molecule has 108 valence electrons. The summed E-state index contributed by atoms with van der Waals surface area (Å²) in [6, 6.07) is 6.29. The molecule has 0 N–H and O–H groups in total. The Morgan fingerprint density at radius 2 is 1.85 bits per heavy atom. The largest absolute Gasteiger partial charge is 0.296 e. The first-order valence-corrected chi connectivity index (χ1v) is 7.40. The van der Waals surface area contributed by atoms with E-state index in [2.05, 4.69) is 50.5 Å². The van der Waals surface area contributed by atoms with Gasteiger partial charge in [-0.15, -0.1) is 0 Å². The van der Waals surface area contributed by atoms with Gasteiger partial charge in [0.15, 0.2) is 0 Å². The quantitative estimate of drug-likeness (QED) is 0.619. The van der Waals surface area contributed by atoms with Gasteiger partial charge in [0.25, 0.3) is 0 Å². The van der Waals surface area contributed by atoms with E-state index in [0.29, 0.717) is 0 Å². The summed E-state index contributed by atoms with van der Waals surface area (Å²) in [7, 11) is 1.79. The van der Waals surface area contributed by atoms with Gasteiger partial charge in [0.2, 0.25) is 0 Å². The van der Waals surface area contributed by atoms with Gasteiger partial charge in [0.1, 0.15) is 0 Å². The maximum absolute atomic E-state index is 4.73. The van der Waals surface area contributed by atoms with E-state index in [1.807, 2.05) is 6.21 Å². The topological polar surface area (TPSA) is 24.7 Å². The minimum Gasteiger partial charge on any atom is -0.296 e. The molecule has 2 nitrogen and oxygen atoms in total. The van der Waals surface area contributed by atoms with Crippen LogP contribution in [0.2, 0.25) is 0 Å². The smallest absolute Gasteiger partial charge is 0.0629 e. The van der Waals surface area contributed by atoms with E-state index in [-0.39, 0.29) is 0 Å². The van der Waals surface area contributed by atoms with Crippen molar-refractivity contribution in [3.8, 4) is 0 Å². The Kier molecular flexibility index (Phi) is 6.92. The standard InChI is InChI=1S/C18H26N2/c1-6-8-18(9-7-2)20-15(4)16-10-11-17(13-19-5)14(3)12-16/h10-13H,4,6-9H2,1-3,5H3/b19-13-. The van der Waals surface area contributed by atoms with E-state index in [9.17, 15) is 0 Å². The van der Waals surface area contributed by atoms with Gasteiger partial charge in [0.05, 0.1) is 5.70 Å². The summed E-state index contributed by atoms with van der Waals surface area (Å²) in [5.41, 5.74) is 5.58. The van der Waals surface area contributed by atoms with Crippen LogP contribution in [0.15, 0.2) is 34.8 Å². The highest BCUT2D eigenvalue weighted by molar-refractivity contribution is 5.90. The van der Waals surface area contributed by atoms with Crippen LogP contribution in [0.1, 0.15) is 56.2 Å². The van der Waals surface area contributed by atoms with Crippen LogP contribution in [-0.2, 0) is 0 Å². The maximum Gasteiger partial charge on any atom is 0.0629 e. The van der Waals surface area contributed by atoms with Gasteiger partial charge in [-0.25, -0.2) is 0 Å². The van der Waals surface area contributed by atoms with Crippen molar-refractivity contribution in [2.45, 2.75) is 46.5 Å². The zero-order valence-electron chi connectivity index (χ0n) is 13.2. The molecular formula is C18H26N2. The first-order chi connectivity index (χ1) is 9.62. The molecule has 0 spiro atoms. The van der Waals surface area contributed by atoms with Crippen LogP contribution in [0.25, 0.3) is 5.70 Å². The van der Waals surface area contributed by atoms with E-state index in [1.165, 1.54) is 11.3 Å². The Morgan fingerprint density at radius 3 is 2.35 bits per heavy atom. The predicted molar refractivity (Wildman–Crippen MR) is 91.0 cm³/mol. The molecule has 0 fully saturated rings. The Bertz CT molecular complexity index is 502. The monoisotopic (exact) mass is 270 g/mol. The third-order valence-corrected chi connectivity index (χ3v) is 3.24. The fourth-order valence-electron chi connectivity index (χ4n) is 2.21. The van der Waals surface area contributed by atoms with Crippen molar-refractivity contribution in [2.75, 3.05) is 7.05 Å². The second-order valence-corrected chi connectivity index (χ2v) is 5.08. The van der Waals surface area contributed by atoms with Gasteiger partial charge >= 0.3 is 0 Å². The van der Waals surface area contributed by atoms with Gasteiger partial charge in [-0.05, 0) is 42.5 Å². The van der Waals surface area contributed by atoms with Crippen LogP contribution in [-0.4, -0.2) is 19.0 Å². The molecule has 0 atom stereocenters. The van der Waals surface area contributed by atoms with Crippen molar-refractivity contribution in [1.29, 1.82) is 0 Å². The summed E-state index contributed by atoms with van der Waals surface area (Å²) < 4.78 is 0. The minimum absolute atomic E-state index is 0.866. The number of benzene rings is 1. The van der Waals surface area contributed by atoms with Gasteiger partial charge in [-0.1, -0.05) is 45.4 Å². The lowest BCUT2D eigenvalue weighted by Gasteiger charge is -2.08. The zero-order chi connectivity index (χ0) is 15.0. The van der Waals surface area contributed by atoms with Crippen molar-refractivity contribution in [3.05, 3.63) is 41.5 Å². The third-order valence-electron chi connectivity index (χ3n) is 3.24. The summed E-state index contributed by atoms with van der Waals surface area (Å²) in [5.74, 6) is 0. The van der Waals surface area contributed by atoms with E-state index in [0.717, 1.165) is 42.5 Å². The van der Waals surface area contributed by atoms with Crippen molar-refractivity contribution in [2.24, 2.45) is 9.98 Å². The van der Waals surface area contributed by atoms with Crippen LogP contribution < -0.4 is 0 Å². The second-order valence-electron chi connectivity index (χ2n) is 5.08. The molecule has 20 heavy (non-hydrogen) atoms. The molecule has 0 amide bonds. The lowest BCUT2D eigenvalue weighted by Crippen LogP contribution is -1.98. The summed E-state index contributed by atoms with van der Waals surface area (Å²) in [6.07, 6.45) is 6.28. The molecule has 0 aromatic heterocycles. The van der Waals surface area contributed by atoms with Gasteiger partial charge < -0.3 is 0 Å². The molecule has 2 heteroatoms. The normalized spacial score (nSPS) is 10.8. The molecule has 0 saturated carbocycles.